The number of methoxy groups -OCH3 is 2. The Morgan fingerprint density at radius 1 is 0.905 bits per heavy atom. The van der Waals surface area contributed by atoms with Crippen LogP contribution in [0.25, 0.3) is 0 Å². The van der Waals surface area contributed by atoms with Gasteiger partial charge in [-0.25, -0.2) is 0 Å². The Morgan fingerprint density at radius 3 is 1.62 bits per heavy atom. The molecule has 0 unspecified atom stereocenters. The molecule has 1 fully saturated rings. The number of likely N-dealkylation sites (tertiary alicyclic amines) is 1. The number of ether oxygens (including phenoxy) is 2. The van der Waals surface area contributed by atoms with E-state index in [1.807, 2.05) is 0 Å². The van der Waals surface area contributed by atoms with Crippen LogP contribution >= 0.6 is 0 Å². The number of nitrogens with zero attached hydrogens (tertiary/aromatic N) is 4. The molecule has 0 spiro atoms. The van der Waals surface area contributed by atoms with Gasteiger partial charge in [0, 0.05) is 12.8 Å². The van der Waals surface area contributed by atoms with E-state index in [0.717, 1.165) is 23.5 Å². The summed E-state index contributed by atoms with van der Waals surface area (Å²) < 4.78 is 49.8. The summed E-state index contributed by atoms with van der Waals surface area (Å²) >= 11 is 0. The standard InChI is InChI=1S/C10H17N4O2.BF4/c1-14(6-4-5-7-14)8-11-9(15-2)13-10(12-8)16-3;2-1(3,4)5/h4-7H2,1-3H3;/q+1;-1. The van der Waals surface area contributed by atoms with Crippen molar-refractivity contribution < 1.29 is 26.7 Å². The highest BCUT2D eigenvalue weighted by Crippen LogP contribution is 2.25. The van der Waals surface area contributed by atoms with Crippen LogP contribution in [0.15, 0.2) is 0 Å². The molecule has 1 aliphatic heterocycles. The van der Waals surface area contributed by atoms with E-state index in [4.69, 9.17) is 9.47 Å². The van der Waals surface area contributed by atoms with Crippen molar-refractivity contribution in [3.8, 4) is 12.0 Å². The van der Waals surface area contributed by atoms with Crippen molar-refractivity contribution in [3.05, 3.63) is 0 Å². The third-order valence-electron chi connectivity index (χ3n) is 2.98. The third kappa shape index (κ3) is 5.70. The maximum absolute atomic E-state index is 9.75. The molecule has 2 heterocycles. The number of aromatic nitrogens is 3. The first-order chi connectivity index (χ1) is 9.68. The lowest BCUT2D eigenvalue weighted by Gasteiger charge is -2.25. The topological polar surface area (TPSA) is 57.1 Å². The monoisotopic (exact) mass is 312 g/mol. The van der Waals surface area contributed by atoms with Crippen LogP contribution in [0.3, 0.4) is 0 Å². The SMILES string of the molecule is COc1nc(OC)nc([N+]2(C)CCCC2)n1.F[B-](F)(F)F. The van der Waals surface area contributed by atoms with E-state index in [9.17, 15) is 17.3 Å². The molecular formula is C10H17BF4N4O2. The molecule has 0 bridgehead atoms. The summed E-state index contributed by atoms with van der Waals surface area (Å²) in [7, 11) is -0.785. The second-order valence-electron chi connectivity index (χ2n) is 4.65. The molecule has 11 heteroatoms. The maximum atomic E-state index is 9.75. The highest BCUT2D eigenvalue weighted by Gasteiger charge is 2.34. The Balaban J connectivity index is 0.000000383. The van der Waals surface area contributed by atoms with E-state index in [0.29, 0.717) is 12.0 Å². The van der Waals surface area contributed by atoms with Gasteiger partial charge in [0.25, 0.3) is 0 Å². The second-order valence-corrected chi connectivity index (χ2v) is 4.65. The zero-order valence-corrected chi connectivity index (χ0v) is 12.0. The van der Waals surface area contributed by atoms with Crippen LogP contribution in [-0.4, -0.2) is 56.6 Å². The molecule has 1 aliphatic rings. The lowest BCUT2D eigenvalue weighted by atomic mass is 10.3. The molecule has 120 valence electrons. The molecule has 1 saturated heterocycles. The van der Waals surface area contributed by atoms with Gasteiger partial charge in [-0.05, 0) is 0 Å². The van der Waals surface area contributed by atoms with Gasteiger partial charge in [0.15, 0.2) is 0 Å². The van der Waals surface area contributed by atoms with Crippen LogP contribution in [0.1, 0.15) is 12.8 Å². The van der Waals surface area contributed by atoms with E-state index >= 15 is 0 Å². The minimum absolute atomic E-state index is 0.313. The van der Waals surface area contributed by atoms with Gasteiger partial charge < -0.3 is 26.7 Å². The van der Waals surface area contributed by atoms with Crippen molar-refractivity contribution in [1.29, 1.82) is 0 Å². The number of halogens is 4. The van der Waals surface area contributed by atoms with Gasteiger partial charge in [0.1, 0.15) is 0 Å². The predicted octanol–water partition coefficient (Wildman–Crippen LogP) is 1.92. The van der Waals surface area contributed by atoms with Crippen molar-refractivity contribution in [1.82, 2.24) is 19.4 Å². The zero-order valence-electron chi connectivity index (χ0n) is 12.0. The third-order valence-corrected chi connectivity index (χ3v) is 2.98. The molecule has 1 aromatic heterocycles. The van der Waals surface area contributed by atoms with Crippen molar-refractivity contribution >= 4 is 13.2 Å². The minimum Gasteiger partial charge on any atom is -0.466 e. The predicted molar refractivity (Wildman–Crippen MR) is 69.8 cm³/mol. The van der Waals surface area contributed by atoms with Gasteiger partial charge in [-0.15, -0.1) is 15.0 Å². The second kappa shape index (κ2) is 6.88. The summed E-state index contributed by atoms with van der Waals surface area (Å²) in [6.07, 6.45) is 2.40. The molecule has 2 rings (SSSR count). The maximum Gasteiger partial charge on any atom is 0.673 e. The number of quaternary nitrogens is 1. The van der Waals surface area contributed by atoms with Crippen LogP contribution in [0.4, 0.5) is 23.2 Å². The Bertz CT molecular complexity index is 441. The van der Waals surface area contributed by atoms with Gasteiger partial charge in [0.05, 0.1) is 34.4 Å². The van der Waals surface area contributed by atoms with Crippen LogP contribution in [0, 0.1) is 0 Å². The molecular weight excluding hydrogens is 295 g/mol. The molecule has 0 radical (unpaired) electrons. The Labute approximate surface area is 119 Å². The van der Waals surface area contributed by atoms with Gasteiger partial charge in [-0.1, -0.05) is 0 Å². The van der Waals surface area contributed by atoms with Crippen LogP contribution in [-0.2, 0) is 0 Å². The molecule has 0 N–H and O–H groups in total. The van der Waals surface area contributed by atoms with Gasteiger partial charge in [0.2, 0.25) is 0 Å². The van der Waals surface area contributed by atoms with E-state index in [1.54, 1.807) is 14.2 Å². The number of hydrogen-bond donors (Lipinski definition) is 0. The summed E-state index contributed by atoms with van der Waals surface area (Å²) in [6, 6.07) is 0.626. The first kappa shape index (κ1) is 17.4. The molecule has 0 aromatic carbocycles. The fourth-order valence-electron chi connectivity index (χ4n) is 1.99. The molecule has 0 amide bonds. The van der Waals surface area contributed by atoms with Crippen molar-refractivity contribution in [2.24, 2.45) is 0 Å². The smallest absolute Gasteiger partial charge is 0.466 e. The fraction of sp³-hybridized carbons (Fsp3) is 0.700. The summed E-state index contributed by atoms with van der Waals surface area (Å²) in [5, 5.41) is 0. The Hall–Kier alpha value is -1.65. The van der Waals surface area contributed by atoms with Crippen LogP contribution in [0.2, 0.25) is 0 Å². The summed E-state index contributed by atoms with van der Waals surface area (Å²) in [5.41, 5.74) is 0. The molecule has 0 aliphatic carbocycles. The molecule has 21 heavy (non-hydrogen) atoms. The highest BCUT2D eigenvalue weighted by atomic mass is 19.5. The van der Waals surface area contributed by atoms with E-state index in [2.05, 4.69) is 22.0 Å². The lowest BCUT2D eigenvalue weighted by molar-refractivity contribution is 0.317. The summed E-state index contributed by atoms with van der Waals surface area (Å²) in [6.45, 7) is 2.10. The van der Waals surface area contributed by atoms with Gasteiger partial charge in [-0.2, -0.15) is 0 Å². The molecule has 1 aromatic rings. The van der Waals surface area contributed by atoms with E-state index < -0.39 is 7.25 Å². The average Bonchev–Trinajstić information content (AvgIpc) is 2.84. The largest absolute Gasteiger partial charge is 0.673 e. The lowest BCUT2D eigenvalue weighted by Crippen LogP contribution is -2.43. The summed E-state index contributed by atoms with van der Waals surface area (Å²) in [4.78, 5) is 12.6. The molecule has 0 saturated carbocycles. The van der Waals surface area contributed by atoms with E-state index in [1.165, 1.54) is 12.8 Å². The van der Waals surface area contributed by atoms with Gasteiger partial charge >= 0.3 is 25.2 Å². The van der Waals surface area contributed by atoms with Crippen LogP contribution < -0.4 is 14.0 Å². The molecule has 0 atom stereocenters. The average molecular weight is 312 g/mol. The Kier molecular flexibility index (Phi) is 5.70. The number of rotatable bonds is 3. The quantitative estimate of drug-likeness (QED) is 0.485. The van der Waals surface area contributed by atoms with Crippen molar-refractivity contribution in [2.75, 3.05) is 34.4 Å². The van der Waals surface area contributed by atoms with E-state index in [-0.39, 0.29) is 0 Å². The fourth-order valence-corrected chi connectivity index (χ4v) is 1.99. The van der Waals surface area contributed by atoms with Crippen LogP contribution in [0.5, 0.6) is 12.0 Å². The van der Waals surface area contributed by atoms with Crippen molar-refractivity contribution in [3.63, 3.8) is 0 Å². The first-order valence-electron chi connectivity index (χ1n) is 6.24. The molecule has 6 nitrogen and oxygen atoms in total. The minimum atomic E-state index is -6.00. The Morgan fingerprint density at radius 2 is 1.29 bits per heavy atom. The first-order valence-corrected chi connectivity index (χ1v) is 6.24. The van der Waals surface area contributed by atoms with Crippen molar-refractivity contribution in [2.45, 2.75) is 12.8 Å². The normalized spacial score (nSPS) is 16.9. The summed E-state index contributed by atoms with van der Waals surface area (Å²) in [5.74, 6) is 0.723. The zero-order chi connectivity index (χ0) is 16.1. The number of hydrogen-bond acceptors (Lipinski definition) is 5. The highest BCUT2D eigenvalue weighted by molar-refractivity contribution is 6.50. The van der Waals surface area contributed by atoms with Gasteiger partial charge in [-0.3, -0.25) is 4.48 Å².